The van der Waals surface area contributed by atoms with Crippen LogP contribution in [0.1, 0.15) is 46.2 Å². The smallest absolute Gasteiger partial charge is 0.311 e. The van der Waals surface area contributed by atoms with E-state index in [1.54, 1.807) is 13.3 Å². The second-order valence-corrected chi connectivity index (χ2v) is 8.09. The molecule has 0 aromatic carbocycles. The Balaban J connectivity index is 2.32. The molecule has 1 aliphatic rings. The molecular formula is C19H30N2O3. The summed E-state index contributed by atoms with van der Waals surface area (Å²) in [6, 6.07) is 5.87. The second-order valence-electron chi connectivity index (χ2n) is 8.09. The fourth-order valence-electron chi connectivity index (χ4n) is 3.56. The number of carbonyl (C=O) groups is 1. The van der Waals surface area contributed by atoms with Gasteiger partial charge in [-0.2, -0.15) is 0 Å². The van der Waals surface area contributed by atoms with Gasteiger partial charge in [0.2, 0.25) is 0 Å². The third kappa shape index (κ3) is 4.33. The Morgan fingerprint density at radius 3 is 2.67 bits per heavy atom. The fourth-order valence-corrected chi connectivity index (χ4v) is 3.56. The van der Waals surface area contributed by atoms with Crippen LogP contribution in [0.4, 0.5) is 0 Å². The zero-order chi connectivity index (χ0) is 18.0. The van der Waals surface area contributed by atoms with Crippen molar-refractivity contribution in [3.8, 4) is 0 Å². The summed E-state index contributed by atoms with van der Waals surface area (Å²) in [6.07, 6.45) is 1.79. The normalized spacial score (nSPS) is 24.6. The topological polar surface area (TPSA) is 60.5 Å². The van der Waals surface area contributed by atoms with Crippen LogP contribution >= 0.6 is 0 Å². The molecule has 5 nitrogen and oxygen atoms in total. The number of esters is 1. The third-order valence-corrected chi connectivity index (χ3v) is 4.59. The summed E-state index contributed by atoms with van der Waals surface area (Å²) < 4.78 is 11.2. The Morgan fingerprint density at radius 2 is 2.12 bits per heavy atom. The first-order chi connectivity index (χ1) is 11.2. The van der Waals surface area contributed by atoms with Crippen LogP contribution in [0, 0.1) is 11.8 Å². The van der Waals surface area contributed by atoms with Gasteiger partial charge in [0.15, 0.2) is 0 Å². The maximum atomic E-state index is 12.9. The zero-order valence-corrected chi connectivity index (χ0v) is 15.6. The summed E-state index contributed by atoms with van der Waals surface area (Å²) in [5.41, 5.74) is 0.132. The van der Waals surface area contributed by atoms with Gasteiger partial charge in [0.1, 0.15) is 5.60 Å². The molecule has 0 aliphatic carbocycles. The maximum Gasteiger partial charge on any atom is 0.311 e. The van der Waals surface area contributed by atoms with Gasteiger partial charge in [0.25, 0.3) is 0 Å². The SMILES string of the molecule is COC[C@@H](c1ccccn1)[C@H]1CNC(C)(C)C1C(=O)OC(C)(C)C. The molecule has 134 valence electrons. The van der Waals surface area contributed by atoms with Gasteiger partial charge in [0, 0.05) is 37.0 Å². The lowest BCUT2D eigenvalue weighted by atomic mass is 9.75. The largest absolute Gasteiger partial charge is 0.460 e. The van der Waals surface area contributed by atoms with Crippen molar-refractivity contribution in [1.82, 2.24) is 10.3 Å². The van der Waals surface area contributed by atoms with E-state index in [4.69, 9.17) is 9.47 Å². The minimum atomic E-state index is -0.498. The summed E-state index contributed by atoms with van der Waals surface area (Å²) in [4.78, 5) is 17.4. The molecule has 0 amide bonds. The van der Waals surface area contributed by atoms with Crippen LogP contribution in [0.15, 0.2) is 24.4 Å². The van der Waals surface area contributed by atoms with Crippen molar-refractivity contribution < 1.29 is 14.3 Å². The molecule has 0 saturated carbocycles. The number of ether oxygens (including phenoxy) is 2. The van der Waals surface area contributed by atoms with Crippen molar-refractivity contribution in [3.05, 3.63) is 30.1 Å². The van der Waals surface area contributed by atoms with E-state index in [0.29, 0.717) is 6.61 Å². The molecule has 0 radical (unpaired) electrons. The van der Waals surface area contributed by atoms with Crippen molar-refractivity contribution in [1.29, 1.82) is 0 Å². The molecule has 3 atom stereocenters. The lowest BCUT2D eigenvalue weighted by Gasteiger charge is -2.34. The summed E-state index contributed by atoms with van der Waals surface area (Å²) in [5.74, 6) is -0.286. The molecule has 0 spiro atoms. The molecule has 1 saturated heterocycles. The highest BCUT2D eigenvalue weighted by atomic mass is 16.6. The van der Waals surface area contributed by atoms with Gasteiger partial charge in [-0.3, -0.25) is 9.78 Å². The zero-order valence-electron chi connectivity index (χ0n) is 15.6. The van der Waals surface area contributed by atoms with Crippen molar-refractivity contribution in [2.24, 2.45) is 11.8 Å². The molecular weight excluding hydrogens is 304 g/mol. The highest BCUT2D eigenvalue weighted by molar-refractivity contribution is 5.75. The van der Waals surface area contributed by atoms with Crippen LogP contribution in [-0.2, 0) is 14.3 Å². The van der Waals surface area contributed by atoms with Crippen LogP contribution < -0.4 is 5.32 Å². The Kier molecular flexibility index (Phi) is 5.66. The summed E-state index contributed by atoms with van der Waals surface area (Å²) in [5, 5.41) is 3.49. The second kappa shape index (κ2) is 7.19. The molecule has 2 heterocycles. The number of nitrogens with zero attached hydrogens (tertiary/aromatic N) is 1. The predicted molar refractivity (Wildman–Crippen MR) is 93.8 cm³/mol. The van der Waals surface area contributed by atoms with Crippen LogP contribution in [0.2, 0.25) is 0 Å². The van der Waals surface area contributed by atoms with Crippen LogP contribution in [0.3, 0.4) is 0 Å². The van der Waals surface area contributed by atoms with Gasteiger partial charge >= 0.3 is 5.97 Å². The molecule has 0 bridgehead atoms. The Labute approximate surface area is 145 Å². The standard InChI is InChI=1S/C19H30N2O3/c1-18(2,3)24-17(22)16-13(11-21-19(16,4)5)14(12-23-6)15-9-7-8-10-20-15/h7-10,13-14,16,21H,11-12H2,1-6H3/t13-,14-,16?/m1/s1. The van der Waals surface area contributed by atoms with Crippen molar-refractivity contribution in [3.63, 3.8) is 0 Å². The van der Waals surface area contributed by atoms with E-state index < -0.39 is 5.60 Å². The molecule has 24 heavy (non-hydrogen) atoms. The molecule has 1 unspecified atom stereocenters. The highest BCUT2D eigenvalue weighted by Gasteiger charge is 2.51. The molecule has 1 aromatic rings. The van der Waals surface area contributed by atoms with Gasteiger partial charge in [-0.25, -0.2) is 0 Å². The van der Waals surface area contributed by atoms with Gasteiger partial charge < -0.3 is 14.8 Å². The first-order valence-corrected chi connectivity index (χ1v) is 8.53. The Bertz CT molecular complexity index is 551. The van der Waals surface area contributed by atoms with E-state index >= 15 is 0 Å². The van der Waals surface area contributed by atoms with E-state index in [1.807, 2.05) is 39.0 Å². The highest BCUT2D eigenvalue weighted by Crippen LogP contribution is 2.41. The first kappa shape index (κ1) is 18.9. The Morgan fingerprint density at radius 1 is 1.42 bits per heavy atom. The van der Waals surface area contributed by atoms with Crippen LogP contribution in [-0.4, -0.2) is 42.4 Å². The van der Waals surface area contributed by atoms with Crippen LogP contribution in [0.5, 0.6) is 0 Å². The number of nitrogens with one attached hydrogen (secondary N) is 1. The number of aromatic nitrogens is 1. The number of carbonyl (C=O) groups excluding carboxylic acids is 1. The summed E-state index contributed by atoms with van der Waals surface area (Å²) in [7, 11) is 1.69. The monoisotopic (exact) mass is 334 g/mol. The fraction of sp³-hybridized carbons (Fsp3) is 0.684. The minimum Gasteiger partial charge on any atom is -0.460 e. The first-order valence-electron chi connectivity index (χ1n) is 8.53. The van der Waals surface area contributed by atoms with E-state index in [2.05, 4.69) is 24.1 Å². The van der Waals surface area contributed by atoms with E-state index in [-0.39, 0.29) is 29.3 Å². The minimum absolute atomic E-state index is 0.0444. The molecule has 5 heteroatoms. The predicted octanol–water partition coefficient (Wildman–Crippen LogP) is 2.77. The van der Waals surface area contributed by atoms with Gasteiger partial charge in [0.05, 0.1) is 12.5 Å². The quantitative estimate of drug-likeness (QED) is 0.839. The lowest BCUT2D eigenvalue weighted by molar-refractivity contribution is -0.163. The number of rotatable bonds is 5. The average Bonchev–Trinajstić information content (AvgIpc) is 2.79. The molecule has 2 rings (SSSR count). The summed E-state index contributed by atoms with van der Waals surface area (Å²) >= 11 is 0. The summed E-state index contributed by atoms with van der Waals surface area (Å²) in [6.45, 7) is 11.1. The maximum absolute atomic E-state index is 12.9. The molecule has 1 N–H and O–H groups in total. The van der Waals surface area contributed by atoms with E-state index in [0.717, 1.165) is 12.2 Å². The molecule has 1 aromatic heterocycles. The van der Waals surface area contributed by atoms with Crippen molar-refractivity contribution in [2.75, 3.05) is 20.3 Å². The number of methoxy groups -OCH3 is 1. The Hall–Kier alpha value is -1.46. The van der Waals surface area contributed by atoms with Crippen LogP contribution in [0.25, 0.3) is 0 Å². The van der Waals surface area contributed by atoms with Crippen molar-refractivity contribution >= 4 is 5.97 Å². The number of pyridine rings is 1. The van der Waals surface area contributed by atoms with E-state index in [9.17, 15) is 4.79 Å². The molecule has 1 fully saturated rings. The van der Waals surface area contributed by atoms with Gasteiger partial charge in [-0.1, -0.05) is 6.07 Å². The number of hydrogen-bond acceptors (Lipinski definition) is 5. The lowest BCUT2D eigenvalue weighted by Crippen LogP contribution is -2.45. The van der Waals surface area contributed by atoms with E-state index in [1.165, 1.54) is 0 Å². The average molecular weight is 334 g/mol. The van der Waals surface area contributed by atoms with Gasteiger partial charge in [-0.05, 0) is 52.7 Å². The molecule has 1 aliphatic heterocycles. The number of hydrogen-bond donors (Lipinski definition) is 1. The van der Waals surface area contributed by atoms with Gasteiger partial charge in [-0.15, -0.1) is 0 Å². The third-order valence-electron chi connectivity index (χ3n) is 4.59. The van der Waals surface area contributed by atoms with Crippen molar-refractivity contribution in [2.45, 2.75) is 51.7 Å².